The third-order valence-electron chi connectivity index (χ3n) is 3.57. The number of aromatic nitrogens is 3. The van der Waals surface area contributed by atoms with E-state index in [9.17, 15) is 26.9 Å². The molecular formula is C14H8BrF3N4O3S. The van der Waals surface area contributed by atoms with Crippen molar-refractivity contribution in [2.24, 2.45) is 0 Å². The molecule has 26 heavy (non-hydrogen) atoms. The van der Waals surface area contributed by atoms with Gasteiger partial charge in [0.2, 0.25) is 5.82 Å². The molecule has 136 valence electrons. The molecule has 0 atom stereocenters. The summed E-state index contributed by atoms with van der Waals surface area (Å²) in [5, 5.41) is 12.8. The number of hydrogen-bond donors (Lipinski definition) is 0. The molecule has 12 heteroatoms. The lowest BCUT2D eigenvalue weighted by atomic mass is 10.2. The summed E-state index contributed by atoms with van der Waals surface area (Å²) in [6.45, 7) is 2.71. The van der Waals surface area contributed by atoms with Crippen LogP contribution in [-0.2, 0) is 16.2 Å². The molecule has 0 radical (unpaired) electrons. The molecule has 0 bridgehead atoms. The predicted molar refractivity (Wildman–Crippen MR) is 85.7 cm³/mol. The summed E-state index contributed by atoms with van der Waals surface area (Å²) < 4.78 is 70.7. The van der Waals surface area contributed by atoms with Crippen molar-refractivity contribution in [3.63, 3.8) is 0 Å². The highest BCUT2D eigenvalue weighted by Crippen LogP contribution is 2.37. The van der Waals surface area contributed by atoms with Crippen molar-refractivity contribution in [1.82, 2.24) is 14.1 Å². The second kappa shape index (κ2) is 5.82. The molecule has 7 nitrogen and oxygen atoms in total. The molecule has 1 aromatic carbocycles. The number of aryl methyl sites for hydroxylation is 2. The Kier molecular flexibility index (Phi) is 4.12. The van der Waals surface area contributed by atoms with Crippen LogP contribution in [0.15, 0.2) is 26.0 Å². The molecule has 0 N–H and O–H groups in total. The first kappa shape index (κ1) is 18.4. The van der Waals surface area contributed by atoms with E-state index in [2.05, 4.69) is 26.1 Å². The van der Waals surface area contributed by atoms with Crippen molar-refractivity contribution in [2.75, 3.05) is 0 Å². The summed E-state index contributed by atoms with van der Waals surface area (Å²) >= 11 is 2.95. The Balaban J connectivity index is 2.46. The molecule has 0 spiro atoms. The number of fused-ring (bicyclic) bond motifs is 1. The van der Waals surface area contributed by atoms with Gasteiger partial charge < -0.3 is 4.52 Å². The maximum Gasteiger partial charge on any atom is 0.416 e. The van der Waals surface area contributed by atoms with Crippen LogP contribution < -0.4 is 0 Å². The van der Waals surface area contributed by atoms with Gasteiger partial charge in [0.15, 0.2) is 10.7 Å². The highest BCUT2D eigenvalue weighted by atomic mass is 79.9. The number of nitrogens with zero attached hydrogens (tertiary/aromatic N) is 4. The van der Waals surface area contributed by atoms with Gasteiger partial charge in [0.05, 0.1) is 11.1 Å². The van der Waals surface area contributed by atoms with Crippen molar-refractivity contribution in [1.29, 1.82) is 5.26 Å². The van der Waals surface area contributed by atoms with Crippen LogP contribution in [0.3, 0.4) is 0 Å². The maximum atomic E-state index is 13.1. The first-order chi connectivity index (χ1) is 12.0. The summed E-state index contributed by atoms with van der Waals surface area (Å²) in [5.74, 6) is -0.640. The van der Waals surface area contributed by atoms with Gasteiger partial charge in [-0.25, -0.2) is 17.4 Å². The topological polar surface area (TPSA) is 102 Å². The van der Waals surface area contributed by atoms with E-state index in [4.69, 9.17) is 4.52 Å². The van der Waals surface area contributed by atoms with Crippen LogP contribution in [0.25, 0.3) is 11.0 Å². The van der Waals surface area contributed by atoms with E-state index < -0.39 is 27.6 Å². The van der Waals surface area contributed by atoms with Crippen LogP contribution in [0.5, 0.6) is 0 Å². The van der Waals surface area contributed by atoms with Crippen LogP contribution in [0.2, 0.25) is 0 Å². The van der Waals surface area contributed by atoms with Crippen molar-refractivity contribution < 1.29 is 26.1 Å². The molecule has 0 aliphatic heterocycles. The van der Waals surface area contributed by atoms with Gasteiger partial charge in [-0.3, -0.25) is 0 Å². The smallest absolute Gasteiger partial charge is 0.360 e. The molecule has 3 aromatic rings. The highest BCUT2D eigenvalue weighted by Gasteiger charge is 2.35. The van der Waals surface area contributed by atoms with Gasteiger partial charge >= 0.3 is 6.18 Å². The lowest BCUT2D eigenvalue weighted by Gasteiger charge is -2.10. The van der Waals surface area contributed by atoms with Crippen LogP contribution in [0.1, 0.15) is 22.8 Å². The van der Waals surface area contributed by atoms with Crippen LogP contribution in [-0.4, -0.2) is 22.5 Å². The Morgan fingerprint density at radius 2 is 1.96 bits per heavy atom. The quantitative estimate of drug-likeness (QED) is 0.594. The van der Waals surface area contributed by atoms with Gasteiger partial charge in [0.25, 0.3) is 10.0 Å². The molecule has 0 unspecified atom stereocenters. The highest BCUT2D eigenvalue weighted by molar-refractivity contribution is 9.10. The molecule has 2 heterocycles. The normalized spacial score (nSPS) is 12.5. The maximum absolute atomic E-state index is 13.1. The number of benzene rings is 1. The standard InChI is InChI=1S/C14H8BrF3N4O3S/c1-6-13(7(2)25-21-6)26(23,24)22-10-4-8(14(16,17)18)3-9(15)12(10)20-11(22)5-19/h3-4H,1-2H3. The Hall–Kier alpha value is -2.39. The van der Waals surface area contributed by atoms with Crippen LogP contribution >= 0.6 is 15.9 Å². The molecule has 2 aromatic heterocycles. The van der Waals surface area contributed by atoms with E-state index in [0.717, 1.165) is 6.07 Å². The Labute approximate surface area is 153 Å². The zero-order chi connectivity index (χ0) is 19.4. The number of halogens is 4. The van der Waals surface area contributed by atoms with Crippen molar-refractivity contribution >= 4 is 37.0 Å². The summed E-state index contributed by atoms with van der Waals surface area (Å²) in [5.41, 5.74) is -1.55. The van der Waals surface area contributed by atoms with E-state index in [1.54, 1.807) is 6.07 Å². The summed E-state index contributed by atoms with van der Waals surface area (Å²) in [6.07, 6.45) is -4.72. The third-order valence-corrected chi connectivity index (χ3v) is 6.12. The minimum Gasteiger partial charge on any atom is -0.360 e. The Morgan fingerprint density at radius 3 is 2.46 bits per heavy atom. The van der Waals surface area contributed by atoms with Crippen LogP contribution in [0.4, 0.5) is 13.2 Å². The Bertz CT molecular complexity index is 1170. The number of hydrogen-bond acceptors (Lipinski definition) is 6. The fraction of sp³-hybridized carbons (Fsp3) is 0.214. The second-order valence-electron chi connectivity index (χ2n) is 5.29. The van der Waals surface area contributed by atoms with E-state index in [1.807, 2.05) is 0 Å². The first-order valence-corrected chi connectivity index (χ1v) is 9.09. The number of rotatable bonds is 2. The largest absolute Gasteiger partial charge is 0.416 e. The number of alkyl halides is 3. The lowest BCUT2D eigenvalue weighted by molar-refractivity contribution is -0.137. The number of imidazole rings is 1. The van der Waals surface area contributed by atoms with Crippen molar-refractivity contribution in [3.8, 4) is 6.07 Å². The molecule has 0 saturated heterocycles. The zero-order valence-corrected chi connectivity index (χ0v) is 15.5. The van der Waals surface area contributed by atoms with Gasteiger partial charge in [0, 0.05) is 4.47 Å². The average molecular weight is 449 g/mol. The summed E-state index contributed by atoms with van der Waals surface area (Å²) in [6, 6.07) is 2.99. The predicted octanol–water partition coefficient (Wildman–Crippen LogP) is 3.53. The van der Waals surface area contributed by atoms with Gasteiger partial charge in [-0.1, -0.05) is 5.16 Å². The van der Waals surface area contributed by atoms with Gasteiger partial charge in [0.1, 0.15) is 17.3 Å². The lowest BCUT2D eigenvalue weighted by Crippen LogP contribution is -2.16. The first-order valence-electron chi connectivity index (χ1n) is 6.86. The van der Waals surface area contributed by atoms with E-state index in [-0.39, 0.29) is 31.9 Å². The van der Waals surface area contributed by atoms with Gasteiger partial charge in [-0.05, 0) is 41.9 Å². The number of nitriles is 1. The third kappa shape index (κ3) is 2.67. The minimum atomic E-state index is -4.72. The van der Waals surface area contributed by atoms with Crippen molar-refractivity contribution in [2.45, 2.75) is 24.9 Å². The van der Waals surface area contributed by atoms with Crippen LogP contribution in [0, 0.1) is 25.2 Å². The second-order valence-corrected chi connectivity index (χ2v) is 7.87. The van der Waals surface area contributed by atoms with Gasteiger partial charge in [-0.15, -0.1) is 0 Å². The van der Waals surface area contributed by atoms with E-state index in [0.29, 0.717) is 10.0 Å². The molecule has 0 amide bonds. The van der Waals surface area contributed by atoms with Gasteiger partial charge in [-0.2, -0.15) is 18.4 Å². The van der Waals surface area contributed by atoms with E-state index >= 15 is 0 Å². The Morgan fingerprint density at radius 1 is 1.31 bits per heavy atom. The summed E-state index contributed by atoms with van der Waals surface area (Å²) in [7, 11) is -4.47. The fourth-order valence-corrected chi connectivity index (χ4v) is 4.77. The molecule has 0 aliphatic carbocycles. The SMILES string of the molecule is Cc1noc(C)c1S(=O)(=O)n1c(C#N)nc2c(Br)cc(C(F)(F)F)cc21. The average Bonchev–Trinajstić information content (AvgIpc) is 3.07. The molecule has 0 saturated carbocycles. The minimum absolute atomic E-state index is 0.0132. The van der Waals surface area contributed by atoms with E-state index in [1.165, 1.54) is 13.8 Å². The zero-order valence-electron chi connectivity index (χ0n) is 13.1. The molecule has 0 fully saturated rings. The molecular weight excluding hydrogens is 441 g/mol. The monoisotopic (exact) mass is 448 g/mol. The summed E-state index contributed by atoms with van der Waals surface area (Å²) in [4.78, 5) is 3.52. The molecule has 0 aliphatic rings. The molecule has 3 rings (SSSR count). The van der Waals surface area contributed by atoms with Crippen molar-refractivity contribution in [3.05, 3.63) is 39.4 Å². The fourth-order valence-electron chi connectivity index (χ4n) is 2.53.